The van der Waals surface area contributed by atoms with Gasteiger partial charge in [-0.15, -0.1) is 0 Å². The van der Waals surface area contributed by atoms with Gasteiger partial charge in [0.05, 0.1) is 4.75 Å². The fraction of sp³-hybridized carbons (Fsp3) is 0.417. The fourth-order valence-electron chi connectivity index (χ4n) is 1.08. The van der Waals surface area contributed by atoms with Crippen molar-refractivity contribution >= 4 is 21.5 Å². The maximum absolute atomic E-state index is 11.9. The van der Waals surface area contributed by atoms with Gasteiger partial charge in [-0.05, 0) is 52.0 Å². The van der Waals surface area contributed by atoms with Crippen LogP contribution in [0.1, 0.15) is 38.1 Å². The normalized spacial score (nSPS) is 12.2. The molecule has 0 heterocycles. The highest BCUT2D eigenvalue weighted by Gasteiger charge is 2.28. The van der Waals surface area contributed by atoms with Crippen LogP contribution in [0.4, 0.5) is 5.69 Å². The second-order valence-corrected chi connectivity index (χ2v) is 7.29. The van der Waals surface area contributed by atoms with Gasteiger partial charge in [-0.2, -0.15) is 0 Å². The van der Waals surface area contributed by atoms with E-state index in [1.54, 1.807) is 45.0 Å². The van der Waals surface area contributed by atoms with E-state index in [4.69, 9.17) is 0 Å². The van der Waals surface area contributed by atoms with Crippen molar-refractivity contribution in [3.05, 3.63) is 29.8 Å². The van der Waals surface area contributed by atoms with E-state index in [0.717, 1.165) is 0 Å². The lowest BCUT2D eigenvalue weighted by atomic mass is 10.1. The predicted molar refractivity (Wildman–Crippen MR) is 68.7 cm³/mol. The first-order chi connectivity index (χ1) is 7.63. The Morgan fingerprint density at radius 3 is 1.94 bits per heavy atom. The smallest absolute Gasteiger partial charge is 0.237 e. The SMILES string of the molecule is CC(=O)c1ccc(NS(=O)(=O)C(C)(C)C)cc1. The van der Waals surface area contributed by atoms with Crippen LogP contribution in [-0.2, 0) is 10.0 Å². The molecule has 0 aromatic heterocycles. The van der Waals surface area contributed by atoms with Crippen LogP contribution >= 0.6 is 0 Å². The summed E-state index contributed by atoms with van der Waals surface area (Å²) in [5.41, 5.74) is 1.02. The van der Waals surface area contributed by atoms with Crippen LogP contribution in [0.15, 0.2) is 24.3 Å². The summed E-state index contributed by atoms with van der Waals surface area (Å²) in [6.07, 6.45) is 0. The Bertz CT molecular complexity index is 510. The Kier molecular flexibility index (Phi) is 3.62. The molecule has 0 radical (unpaired) electrons. The lowest BCUT2D eigenvalue weighted by molar-refractivity contribution is 0.101. The van der Waals surface area contributed by atoms with Crippen LogP contribution in [-0.4, -0.2) is 18.9 Å². The van der Waals surface area contributed by atoms with Crippen molar-refractivity contribution in [1.82, 2.24) is 0 Å². The second kappa shape index (κ2) is 4.49. The minimum Gasteiger partial charge on any atom is -0.295 e. The van der Waals surface area contributed by atoms with Crippen molar-refractivity contribution < 1.29 is 13.2 Å². The average Bonchev–Trinajstić information content (AvgIpc) is 2.16. The Labute approximate surface area is 102 Å². The van der Waals surface area contributed by atoms with Crippen LogP contribution in [0.2, 0.25) is 0 Å². The summed E-state index contributed by atoms with van der Waals surface area (Å²) in [5, 5.41) is 0. The van der Waals surface area contributed by atoms with Gasteiger partial charge in [-0.25, -0.2) is 8.42 Å². The highest BCUT2D eigenvalue weighted by Crippen LogP contribution is 2.19. The van der Waals surface area contributed by atoms with Crippen molar-refractivity contribution in [2.75, 3.05) is 4.72 Å². The molecule has 0 aliphatic heterocycles. The number of Topliss-reactive ketones (excluding diaryl/α,β-unsaturated/α-hetero) is 1. The zero-order valence-electron chi connectivity index (χ0n) is 10.4. The highest BCUT2D eigenvalue weighted by atomic mass is 32.2. The summed E-state index contributed by atoms with van der Waals surface area (Å²) in [5.74, 6) is -0.0461. The zero-order chi connectivity index (χ0) is 13.3. The van der Waals surface area contributed by atoms with E-state index in [0.29, 0.717) is 11.3 Å². The molecule has 5 heteroatoms. The predicted octanol–water partition coefficient (Wildman–Crippen LogP) is 2.43. The van der Waals surface area contributed by atoms with Crippen molar-refractivity contribution in [1.29, 1.82) is 0 Å². The van der Waals surface area contributed by atoms with Crippen LogP contribution < -0.4 is 4.72 Å². The Morgan fingerprint density at radius 2 is 1.59 bits per heavy atom. The number of benzene rings is 1. The van der Waals surface area contributed by atoms with E-state index in [1.165, 1.54) is 6.92 Å². The van der Waals surface area contributed by atoms with Crippen molar-refractivity contribution in [2.24, 2.45) is 0 Å². The molecule has 0 atom stereocenters. The van der Waals surface area contributed by atoms with Gasteiger partial charge in [0.15, 0.2) is 5.78 Å². The molecule has 0 amide bonds. The van der Waals surface area contributed by atoms with E-state index in [1.807, 2.05) is 0 Å². The number of rotatable bonds is 3. The standard InChI is InChI=1S/C12H17NO3S/c1-9(14)10-5-7-11(8-6-10)13-17(15,16)12(2,3)4/h5-8,13H,1-4H3. The van der Waals surface area contributed by atoms with Crippen LogP contribution in [0.5, 0.6) is 0 Å². The molecule has 0 aliphatic rings. The maximum atomic E-state index is 11.9. The number of anilines is 1. The van der Waals surface area contributed by atoms with E-state index < -0.39 is 14.8 Å². The maximum Gasteiger partial charge on any atom is 0.237 e. The molecule has 4 nitrogen and oxygen atoms in total. The average molecular weight is 255 g/mol. The van der Waals surface area contributed by atoms with Gasteiger partial charge in [-0.1, -0.05) is 0 Å². The third-order valence-corrected chi connectivity index (χ3v) is 4.47. The lowest BCUT2D eigenvalue weighted by Crippen LogP contribution is -2.33. The van der Waals surface area contributed by atoms with Gasteiger partial charge in [0.2, 0.25) is 10.0 Å². The number of sulfonamides is 1. The summed E-state index contributed by atoms with van der Waals surface area (Å²) in [6, 6.07) is 6.37. The molecule has 0 spiro atoms. The molecule has 17 heavy (non-hydrogen) atoms. The second-order valence-electron chi connectivity index (χ2n) is 4.85. The van der Waals surface area contributed by atoms with Crippen molar-refractivity contribution in [3.8, 4) is 0 Å². The molecule has 0 saturated heterocycles. The molecule has 1 rings (SSSR count). The zero-order valence-corrected chi connectivity index (χ0v) is 11.3. The molecule has 0 saturated carbocycles. The molecule has 1 N–H and O–H groups in total. The molecule has 0 fully saturated rings. The van der Waals surface area contributed by atoms with Gasteiger partial charge in [0.1, 0.15) is 0 Å². The van der Waals surface area contributed by atoms with Gasteiger partial charge in [0.25, 0.3) is 0 Å². The van der Waals surface area contributed by atoms with Gasteiger partial charge in [0, 0.05) is 11.3 Å². The molecule has 1 aromatic carbocycles. The molecule has 94 valence electrons. The third kappa shape index (κ3) is 3.30. The summed E-state index contributed by atoms with van der Waals surface area (Å²) >= 11 is 0. The van der Waals surface area contributed by atoms with Crippen LogP contribution in [0.3, 0.4) is 0 Å². The van der Waals surface area contributed by atoms with Crippen LogP contribution in [0.25, 0.3) is 0 Å². The summed E-state index contributed by atoms with van der Waals surface area (Å²) < 4.78 is 25.3. The first kappa shape index (κ1) is 13.7. The van der Waals surface area contributed by atoms with Crippen molar-refractivity contribution in [3.63, 3.8) is 0 Å². The summed E-state index contributed by atoms with van der Waals surface area (Å²) in [4.78, 5) is 11.1. The Morgan fingerprint density at radius 1 is 1.12 bits per heavy atom. The first-order valence-corrected chi connectivity index (χ1v) is 6.75. The monoisotopic (exact) mass is 255 g/mol. The van der Waals surface area contributed by atoms with E-state index >= 15 is 0 Å². The molecule has 1 aromatic rings. The molecular formula is C12H17NO3S. The lowest BCUT2D eigenvalue weighted by Gasteiger charge is -2.20. The van der Waals surface area contributed by atoms with Crippen molar-refractivity contribution in [2.45, 2.75) is 32.4 Å². The Balaban J connectivity index is 2.95. The van der Waals surface area contributed by atoms with E-state index in [9.17, 15) is 13.2 Å². The highest BCUT2D eigenvalue weighted by molar-refractivity contribution is 7.94. The largest absolute Gasteiger partial charge is 0.295 e. The topological polar surface area (TPSA) is 63.2 Å². The molecule has 0 unspecified atom stereocenters. The minimum atomic E-state index is -3.42. The quantitative estimate of drug-likeness (QED) is 0.844. The van der Waals surface area contributed by atoms with Gasteiger partial charge >= 0.3 is 0 Å². The number of hydrogen-bond acceptors (Lipinski definition) is 3. The van der Waals surface area contributed by atoms with E-state index in [-0.39, 0.29) is 5.78 Å². The van der Waals surface area contributed by atoms with E-state index in [2.05, 4.69) is 4.72 Å². The number of carbonyl (C=O) groups excluding carboxylic acids is 1. The molecule has 0 bridgehead atoms. The molecule has 0 aliphatic carbocycles. The number of ketones is 1. The number of carbonyl (C=O) groups is 1. The first-order valence-electron chi connectivity index (χ1n) is 5.27. The Hall–Kier alpha value is -1.36. The minimum absolute atomic E-state index is 0.0461. The van der Waals surface area contributed by atoms with Gasteiger partial charge < -0.3 is 0 Å². The number of hydrogen-bond donors (Lipinski definition) is 1. The van der Waals surface area contributed by atoms with Crippen LogP contribution in [0, 0.1) is 0 Å². The number of nitrogens with one attached hydrogen (secondary N) is 1. The third-order valence-electron chi connectivity index (χ3n) is 2.35. The summed E-state index contributed by atoms with van der Waals surface area (Å²) in [6.45, 7) is 6.34. The van der Waals surface area contributed by atoms with Gasteiger partial charge in [-0.3, -0.25) is 9.52 Å². The molecular weight excluding hydrogens is 238 g/mol. The summed E-state index contributed by atoms with van der Waals surface area (Å²) in [7, 11) is -3.42. The fourth-order valence-corrected chi connectivity index (χ4v) is 1.83.